The largest absolute Gasteiger partial charge is 0.493 e. The lowest BCUT2D eigenvalue weighted by atomic mass is 10.1. The minimum absolute atomic E-state index is 0.142. The van der Waals surface area contributed by atoms with Crippen LogP contribution in [0.15, 0.2) is 60.7 Å². The molecule has 0 aromatic heterocycles. The summed E-state index contributed by atoms with van der Waals surface area (Å²) in [4.78, 5) is 24.5. The first-order valence-corrected chi connectivity index (χ1v) is 8.40. The number of hydrogen-bond donors (Lipinski definition) is 2. The number of rotatable bonds is 6. The third kappa shape index (κ3) is 4.17. The second kappa shape index (κ2) is 8.23. The van der Waals surface area contributed by atoms with Gasteiger partial charge in [0.1, 0.15) is 0 Å². The molecule has 2 amide bonds. The van der Waals surface area contributed by atoms with Gasteiger partial charge in [-0.2, -0.15) is 0 Å². The maximum atomic E-state index is 12.3. The molecule has 6 nitrogen and oxygen atoms in total. The Hall–Kier alpha value is -3.54. The minimum atomic E-state index is -0.371. The molecule has 2 N–H and O–H groups in total. The minimum Gasteiger partial charge on any atom is -0.493 e. The first kappa shape index (κ1) is 18.3. The molecule has 0 heterocycles. The highest BCUT2D eigenvalue weighted by atomic mass is 16.5. The zero-order chi connectivity index (χ0) is 19.2. The van der Waals surface area contributed by atoms with E-state index in [0.29, 0.717) is 22.7 Å². The molecule has 0 fully saturated rings. The average Bonchev–Trinajstić information content (AvgIpc) is 2.71. The molecule has 0 bridgehead atoms. The van der Waals surface area contributed by atoms with E-state index in [1.807, 2.05) is 42.5 Å². The number of benzene rings is 3. The summed E-state index contributed by atoms with van der Waals surface area (Å²) in [6.45, 7) is -0.142. The van der Waals surface area contributed by atoms with Crippen molar-refractivity contribution in [2.45, 2.75) is 0 Å². The highest BCUT2D eigenvalue weighted by molar-refractivity contribution is 6.04. The third-order valence-electron chi connectivity index (χ3n) is 4.12. The number of amides is 2. The van der Waals surface area contributed by atoms with Crippen LogP contribution in [0.5, 0.6) is 11.5 Å². The molecule has 3 rings (SSSR count). The molecular formula is C21H20N2O4. The predicted octanol–water partition coefficient (Wildman–Crippen LogP) is 3.23. The lowest BCUT2D eigenvalue weighted by Gasteiger charge is -2.11. The van der Waals surface area contributed by atoms with Gasteiger partial charge in [-0.25, -0.2) is 0 Å². The van der Waals surface area contributed by atoms with E-state index in [0.717, 1.165) is 10.8 Å². The van der Waals surface area contributed by atoms with Gasteiger partial charge >= 0.3 is 0 Å². The maximum Gasteiger partial charge on any atom is 0.251 e. The van der Waals surface area contributed by atoms with Crippen molar-refractivity contribution < 1.29 is 19.1 Å². The van der Waals surface area contributed by atoms with Crippen LogP contribution in [-0.4, -0.2) is 32.6 Å². The zero-order valence-corrected chi connectivity index (χ0v) is 15.1. The fraction of sp³-hybridized carbons (Fsp3) is 0.143. The summed E-state index contributed by atoms with van der Waals surface area (Å²) in [5, 5.41) is 7.42. The number of carbonyl (C=O) groups excluding carboxylic acids is 2. The summed E-state index contributed by atoms with van der Waals surface area (Å²) in [6, 6.07) is 18.3. The van der Waals surface area contributed by atoms with Gasteiger partial charge in [0.2, 0.25) is 5.91 Å². The van der Waals surface area contributed by atoms with Gasteiger partial charge in [-0.3, -0.25) is 9.59 Å². The van der Waals surface area contributed by atoms with Gasteiger partial charge in [-0.1, -0.05) is 36.4 Å². The Morgan fingerprint density at radius 2 is 1.63 bits per heavy atom. The van der Waals surface area contributed by atoms with Crippen LogP contribution in [0.4, 0.5) is 5.69 Å². The van der Waals surface area contributed by atoms with Crippen LogP contribution >= 0.6 is 0 Å². The van der Waals surface area contributed by atoms with Gasteiger partial charge in [-0.15, -0.1) is 0 Å². The van der Waals surface area contributed by atoms with Crippen molar-refractivity contribution in [1.29, 1.82) is 0 Å². The summed E-state index contributed by atoms with van der Waals surface area (Å²) in [7, 11) is 3.02. The zero-order valence-electron chi connectivity index (χ0n) is 15.1. The lowest BCUT2D eigenvalue weighted by molar-refractivity contribution is -0.115. The summed E-state index contributed by atoms with van der Waals surface area (Å²) < 4.78 is 10.3. The summed E-state index contributed by atoms with van der Waals surface area (Å²) in [6.07, 6.45) is 0. The van der Waals surface area contributed by atoms with Crippen LogP contribution in [0, 0.1) is 0 Å². The van der Waals surface area contributed by atoms with Crippen LogP contribution in [-0.2, 0) is 4.79 Å². The van der Waals surface area contributed by atoms with Crippen LogP contribution in [0.2, 0.25) is 0 Å². The molecule has 0 spiro atoms. The fourth-order valence-electron chi connectivity index (χ4n) is 2.77. The average molecular weight is 364 g/mol. The maximum absolute atomic E-state index is 12.3. The number of nitrogens with one attached hydrogen (secondary N) is 2. The summed E-state index contributed by atoms with van der Waals surface area (Å²) in [5.41, 5.74) is 1.09. The van der Waals surface area contributed by atoms with Crippen molar-refractivity contribution in [1.82, 2.24) is 5.32 Å². The van der Waals surface area contributed by atoms with Crippen LogP contribution in [0.3, 0.4) is 0 Å². The second-order valence-electron chi connectivity index (χ2n) is 5.83. The van der Waals surface area contributed by atoms with E-state index < -0.39 is 0 Å². The highest BCUT2D eigenvalue weighted by Gasteiger charge is 2.12. The molecule has 6 heteroatoms. The molecule has 0 atom stereocenters. The highest BCUT2D eigenvalue weighted by Crippen LogP contribution is 2.27. The molecule has 0 radical (unpaired) electrons. The SMILES string of the molecule is COc1ccc(C(=O)NCC(=O)Nc2cccc3ccccc23)cc1OC. The van der Waals surface area contributed by atoms with Crippen molar-refractivity contribution in [2.24, 2.45) is 0 Å². The monoisotopic (exact) mass is 364 g/mol. The van der Waals surface area contributed by atoms with Crippen molar-refractivity contribution in [3.63, 3.8) is 0 Å². The van der Waals surface area contributed by atoms with Gasteiger partial charge in [-0.05, 0) is 29.7 Å². The Balaban J connectivity index is 1.64. The topological polar surface area (TPSA) is 76.7 Å². The molecule has 138 valence electrons. The molecule has 0 aliphatic heterocycles. The van der Waals surface area contributed by atoms with E-state index in [-0.39, 0.29) is 18.4 Å². The van der Waals surface area contributed by atoms with Crippen molar-refractivity contribution in [3.8, 4) is 11.5 Å². The fourth-order valence-corrected chi connectivity index (χ4v) is 2.77. The molecule has 27 heavy (non-hydrogen) atoms. The molecule has 3 aromatic rings. The Morgan fingerprint density at radius 3 is 2.41 bits per heavy atom. The van der Waals surface area contributed by atoms with E-state index in [1.54, 1.807) is 18.2 Å². The van der Waals surface area contributed by atoms with Crippen LogP contribution < -0.4 is 20.1 Å². The number of fused-ring (bicyclic) bond motifs is 1. The smallest absolute Gasteiger partial charge is 0.251 e. The second-order valence-corrected chi connectivity index (χ2v) is 5.83. The quantitative estimate of drug-likeness (QED) is 0.704. The van der Waals surface area contributed by atoms with E-state index in [9.17, 15) is 9.59 Å². The Bertz CT molecular complexity index is 980. The first-order chi connectivity index (χ1) is 13.1. The van der Waals surface area contributed by atoms with Crippen molar-refractivity contribution >= 4 is 28.3 Å². The molecule has 0 unspecified atom stereocenters. The molecule has 0 saturated heterocycles. The van der Waals surface area contributed by atoms with Crippen LogP contribution in [0.25, 0.3) is 10.8 Å². The number of ether oxygens (including phenoxy) is 2. The standard InChI is InChI=1S/C21H20N2O4/c1-26-18-11-10-15(12-19(18)27-2)21(25)22-13-20(24)23-17-9-5-7-14-6-3-4-8-16(14)17/h3-12H,13H2,1-2H3,(H,22,25)(H,23,24). The first-order valence-electron chi connectivity index (χ1n) is 8.40. The Kier molecular flexibility index (Phi) is 5.56. The summed E-state index contributed by atoms with van der Waals surface area (Å²) in [5.74, 6) is 0.303. The molecular weight excluding hydrogens is 344 g/mol. The molecule has 0 aliphatic carbocycles. The number of methoxy groups -OCH3 is 2. The Morgan fingerprint density at radius 1 is 0.889 bits per heavy atom. The normalized spacial score (nSPS) is 10.3. The van der Waals surface area contributed by atoms with Gasteiger partial charge in [0, 0.05) is 16.6 Å². The van der Waals surface area contributed by atoms with E-state index >= 15 is 0 Å². The van der Waals surface area contributed by atoms with E-state index in [1.165, 1.54) is 14.2 Å². The van der Waals surface area contributed by atoms with Crippen molar-refractivity contribution in [3.05, 3.63) is 66.2 Å². The van der Waals surface area contributed by atoms with Gasteiger partial charge in [0.25, 0.3) is 5.91 Å². The third-order valence-corrected chi connectivity index (χ3v) is 4.12. The molecule has 3 aromatic carbocycles. The lowest BCUT2D eigenvalue weighted by Crippen LogP contribution is -2.32. The summed E-state index contributed by atoms with van der Waals surface area (Å²) >= 11 is 0. The van der Waals surface area contributed by atoms with Crippen LogP contribution in [0.1, 0.15) is 10.4 Å². The van der Waals surface area contributed by atoms with Gasteiger partial charge < -0.3 is 20.1 Å². The number of carbonyl (C=O) groups is 2. The van der Waals surface area contributed by atoms with E-state index in [2.05, 4.69) is 10.6 Å². The Labute approximate surface area is 157 Å². The molecule has 0 saturated carbocycles. The van der Waals surface area contributed by atoms with E-state index in [4.69, 9.17) is 9.47 Å². The van der Waals surface area contributed by atoms with Crippen molar-refractivity contribution in [2.75, 3.05) is 26.1 Å². The number of anilines is 1. The predicted molar refractivity (Wildman–Crippen MR) is 104 cm³/mol. The van der Waals surface area contributed by atoms with Gasteiger partial charge in [0.05, 0.1) is 20.8 Å². The number of hydrogen-bond acceptors (Lipinski definition) is 4. The van der Waals surface area contributed by atoms with Gasteiger partial charge in [0.15, 0.2) is 11.5 Å². The molecule has 0 aliphatic rings.